The maximum absolute atomic E-state index is 12.9. The van der Waals surface area contributed by atoms with Crippen molar-refractivity contribution in [3.8, 4) is 0 Å². The van der Waals surface area contributed by atoms with Crippen molar-refractivity contribution in [3.63, 3.8) is 0 Å². The molecule has 128 valence electrons. The van der Waals surface area contributed by atoms with Gasteiger partial charge in [0.05, 0.1) is 11.4 Å². The Morgan fingerprint density at radius 3 is 2.56 bits per heavy atom. The van der Waals surface area contributed by atoms with E-state index in [1.165, 1.54) is 0 Å². The molecule has 2 aromatic rings. The molecule has 0 aliphatic carbocycles. The van der Waals surface area contributed by atoms with Crippen molar-refractivity contribution in [1.29, 1.82) is 0 Å². The van der Waals surface area contributed by atoms with Crippen molar-refractivity contribution in [3.05, 3.63) is 42.1 Å². The largest absolute Gasteiger partial charge is 0.355 e. The monoisotopic (exact) mass is 337 g/mol. The van der Waals surface area contributed by atoms with E-state index in [9.17, 15) is 9.59 Å². The van der Waals surface area contributed by atoms with E-state index in [4.69, 9.17) is 0 Å². The third kappa shape index (κ3) is 3.05. The van der Waals surface area contributed by atoms with Gasteiger partial charge in [0.25, 0.3) is 5.91 Å². The van der Waals surface area contributed by atoms with E-state index in [0.717, 1.165) is 31.7 Å². The van der Waals surface area contributed by atoms with Crippen LogP contribution in [0.4, 0.5) is 17.2 Å². The number of amides is 2. The Morgan fingerprint density at radius 2 is 1.80 bits per heavy atom. The maximum atomic E-state index is 12.9. The number of carbonyl (C=O) groups is 2. The van der Waals surface area contributed by atoms with E-state index in [-0.39, 0.29) is 23.9 Å². The Hall–Kier alpha value is -2.96. The first-order chi connectivity index (χ1) is 12.2. The van der Waals surface area contributed by atoms with Crippen LogP contribution in [0.2, 0.25) is 0 Å². The SMILES string of the molecule is O=C1CCN(C(=O)c2ccc(N3CCCC3)nn2)c2ccccc2N1. The summed E-state index contributed by atoms with van der Waals surface area (Å²) in [5.74, 6) is 0.463. The average Bonchev–Trinajstić information content (AvgIpc) is 3.12. The molecule has 2 aliphatic rings. The second kappa shape index (κ2) is 6.51. The van der Waals surface area contributed by atoms with Gasteiger partial charge < -0.3 is 15.1 Å². The molecule has 0 bridgehead atoms. The zero-order chi connectivity index (χ0) is 17.2. The molecule has 1 aromatic carbocycles. The van der Waals surface area contributed by atoms with Gasteiger partial charge in [-0.2, -0.15) is 0 Å². The highest BCUT2D eigenvalue weighted by Crippen LogP contribution is 2.29. The minimum absolute atomic E-state index is 0.0989. The highest BCUT2D eigenvalue weighted by atomic mass is 16.2. The molecule has 7 nitrogen and oxygen atoms in total. The molecule has 1 saturated heterocycles. The van der Waals surface area contributed by atoms with Crippen LogP contribution in [-0.4, -0.2) is 41.6 Å². The fourth-order valence-corrected chi connectivity index (χ4v) is 3.26. The summed E-state index contributed by atoms with van der Waals surface area (Å²) in [5, 5.41) is 11.2. The van der Waals surface area contributed by atoms with Gasteiger partial charge >= 0.3 is 0 Å². The zero-order valence-corrected chi connectivity index (χ0v) is 13.8. The first kappa shape index (κ1) is 15.6. The summed E-state index contributed by atoms with van der Waals surface area (Å²) in [5.41, 5.74) is 1.61. The Bertz CT molecular complexity index is 799. The number of hydrogen-bond acceptors (Lipinski definition) is 5. The Kier molecular flexibility index (Phi) is 4.05. The van der Waals surface area contributed by atoms with Crippen molar-refractivity contribution < 1.29 is 9.59 Å². The molecule has 1 N–H and O–H groups in total. The van der Waals surface area contributed by atoms with Gasteiger partial charge in [0.1, 0.15) is 0 Å². The van der Waals surface area contributed by atoms with Gasteiger partial charge in [0, 0.05) is 26.1 Å². The minimum Gasteiger partial charge on any atom is -0.355 e. The molecule has 0 unspecified atom stereocenters. The molecule has 0 atom stereocenters. The van der Waals surface area contributed by atoms with Crippen molar-refractivity contribution in [1.82, 2.24) is 10.2 Å². The summed E-state index contributed by atoms with van der Waals surface area (Å²) in [4.78, 5) is 28.5. The minimum atomic E-state index is -0.246. The molecule has 4 rings (SSSR count). The van der Waals surface area contributed by atoms with Gasteiger partial charge in [-0.15, -0.1) is 10.2 Å². The Labute approximate surface area is 145 Å². The van der Waals surface area contributed by atoms with Crippen molar-refractivity contribution in [2.45, 2.75) is 19.3 Å². The second-order valence-electron chi connectivity index (χ2n) is 6.24. The van der Waals surface area contributed by atoms with Crippen LogP contribution < -0.4 is 15.1 Å². The lowest BCUT2D eigenvalue weighted by Gasteiger charge is -2.22. The van der Waals surface area contributed by atoms with Gasteiger partial charge in [-0.1, -0.05) is 12.1 Å². The van der Waals surface area contributed by atoms with Crippen LogP contribution in [0.1, 0.15) is 29.8 Å². The predicted molar refractivity (Wildman–Crippen MR) is 94.8 cm³/mol. The topological polar surface area (TPSA) is 78.4 Å². The number of rotatable bonds is 2. The van der Waals surface area contributed by atoms with Crippen LogP contribution in [0, 0.1) is 0 Å². The summed E-state index contributed by atoms with van der Waals surface area (Å²) in [7, 11) is 0. The van der Waals surface area contributed by atoms with Gasteiger partial charge in [-0.05, 0) is 37.1 Å². The molecule has 0 spiro atoms. The molecule has 1 aromatic heterocycles. The van der Waals surface area contributed by atoms with Gasteiger partial charge in [-0.3, -0.25) is 9.59 Å². The highest BCUT2D eigenvalue weighted by Gasteiger charge is 2.26. The molecule has 25 heavy (non-hydrogen) atoms. The van der Waals surface area contributed by atoms with Crippen LogP contribution in [0.5, 0.6) is 0 Å². The van der Waals surface area contributed by atoms with E-state index in [1.54, 1.807) is 17.0 Å². The smallest absolute Gasteiger partial charge is 0.278 e. The van der Waals surface area contributed by atoms with Crippen molar-refractivity contribution in [2.75, 3.05) is 34.8 Å². The summed E-state index contributed by atoms with van der Waals surface area (Å²) < 4.78 is 0. The third-order valence-electron chi connectivity index (χ3n) is 4.58. The summed E-state index contributed by atoms with van der Waals surface area (Å²) in [6.45, 7) is 2.28. The number of nitrogens with one attached hydrogen (secondary N) is 1. The number of benzene rings is 1. The number of para-hydroxylation sites is 2. The lowest BCUT2D eigenvalue weighted by Crippen LogP contribution is -2.33. The number of fused-ring (bicyclic) bond motifs is 1. The van der Waals surface area contributed by atoms with Crippen LogP contribution in [0.15, 0.2) is 36.4 Å². The summed E-state index contributed by atoms with van der Waals surface area (Å²) in [6.07, 6.45) is 2.57. The molecule has 2 amide bonds. The number of anilines is 3. The fraction of sp³-hybridized carbons (Fsp3) is 0.333. The first-order valence-corrected chi connectivity index (χ1v) is 8.52. The van der Waals surface area contributed by atoms with E-state index in [1.807, 2.05) is 24.3 Å². The molecule has 1 fully saturated rings. The van der Waals surface area contributed by atoms with Crippen LogP contribution in [0.25, 0.3) is 0 Å². The standard InChI is InChI=1S/C18H19N5O2/c24-17-9-12-23(15-6-2-1-5-13(15)19-17)18(25)14-7-8-16(21-20-14)22-10-3-4-11-22/h1-2,5-8H,3-4,9-12H2,(H,19,24). The molecular weight excluding hydrogens is 318 g/mol. The summed E-state index contributed by atoms with van der Waals surface area (Å²) in [6, 6.07) is 10.9. The van der Waals surface area contributed by atoms with Crippen molar-refractivity contribution in [2.24, 2.45) is 0 Å². The van der Waals surface area contributed by atoms with E-state index in [2.05, 4.69) is 20.4 Å². The second-order valence-corrected chi connectivity index (χ2v) is 6.24. The highest BCUT2D eigenvalue weighted by molar-refractivity contribution is 6.09. The van der Waals surface area contributed by atoms with Crippen molar-refractivity contribution >= 4 is 29.0 Å². The molecule has 3 heterocycles. The molecule has 7 heteroatoms. The molecule has 0 radical (unpaired) electrons. The van der Waals surface area contributed by atoms with E-state index in [0.29, 0.717) is 17.9 Å². The lowest BCUT2D eigenvalue weighted by molar-refractivity contribution is -0.115. The first-order valence-electron chi connectivity index (χ1n) is 8.52. The number of aromatic nitrogens is 2. The molecule has 0 saturated carbocycles. The fourth-order valence-electron chi connectivity index (χ4n) is 3.26. The third-order valence-corrected chi connectivity index (χ3v) is 4.58. The zero-order valence-electron chi connectivity index (χ0n) is 13.8. The van der Waals surface area contributed by atoms with Gasteiger partial charge in [-0.25, -0.2) is 0 Å². The van der Waals surface area contributed by atoms with Gasteiger partial charge in [0.15, 0.2) is 11.5 Å². The average molecular weight is 337 g/mol. The Balaban J connectivity index is 1.61. The van der Waals surface area contributed by atoms with E-state index >= 15 is 0 Å². The van der Waals surface area contributed by atoms with Crippen LogP contribution in [-0.2, 0) is 4.79 Å². The number of hydrogen-bond donors (Lipinski definition) is 1. The number of nitrogens with zero attached hydrogens (tertiary/aromatic N) is 4. The quantitative estimate of drug-likeness (QED) is 0.907. The maximum Gasteiger partial charge on any atom is 0.278 e. The number of carbonyl (C=O) groups excluding carboxylic acids is 2. The molecular formula is C18H19N5O2. The Morgan fingerprint density at radius 1 is 1.00 bits per heavy atom. The molecule has 2 aliphatic heterocycles. The summed E-state index contributed by atoms with van der Waals surface area (Å²) >= 11 is 0. The lowest BCUT2D eigenvalue weighted by atomic mass is 10.2. The van der Waals surface area contributed by atoms with Crippen LogP contribution >= 0.6 is 0 Å². The predicted octanol–water partition coefficient (Wildman–Crippen LogP) is 2.07. The van der Waals surface area contributed by atoms with E-state index < -0.39 is 0 Å². The van der Waals surface area contributed by atoms with Crippen LogP contribution in [0.3, 0.4) is 0 Å². The normalized spacial score (nSPS) is 17.0. The van der Waals surface area contributed by atoms with Gasteiger partial charge in [0.2, 0.25) is 5.91 Å².